The van der Waals surface area contributed by atoms with Gasteiger partial charge in [0, 0.05) is 36.2 Å². The van der Waals surface area contributed by atoms with Crippen molar-refractivity contribution in [3.05, 3.63) is 53.6 Å². The van der Waals surface area contributed by atoms with E-state index in [0.29, 0.717) is 12.6 Å². The molecular formula is C22H27N3O. The maximum absolute atomic E-state index is 12.7. The van der Waals surface area contributed by atoms with Gasteiger partial charge >= 0.3 is 0 Å². The fourth-order valence-electron chi connectivity index (χ4n) is 4.18. The Kier molecular flexibility index (Phi) is 4.58. The van der Waals surface area contributed by atoms with Crippen LogP contribution in [0.4, 0.5) is 17.1 Å². The quantitative estimate of drug-likeness (QED) is 0.907. The molecular weight excluding hydrogens is 322 g/mol. The molecule has 1 fully saturated rings. The molecule has 1 amide bonds. The molecule has 0 bridgehead atoms. The molecule has 0 unspecified atom stereocenters. The highest BCUT2D eigenvalue weighted by Gasteiger charge is 2.27. The van der Waals surface area contributed by atoms with Crippen LogP contribution >= 0.6 is 0 Å². The van der Waals surface area contributed by atoms with Crippen LogP contribution in [0.15, 0.2) is 42.5 Å². The fraction of sp³-hybridized carbons (Fsp3) is 0.409. The Labute approximate surface area is 155 Å². The summed E-state index contributed by atoms with van der Waals surface area (Å²) in [4.78, 5) is 17.3. The number of para-hydroxylation sites is 1. The summed E-state index contributed by atoms with van der Waals surface area (Å²) < 4.78 is 0. The van der Waals surface area contributed by atoms with Crippen LogP contribution in [-0.4, -0.2) is 31.6 Å². The molecule has 0 radical (unpaired) electrons. The van der Waals surface area contributed by atoms with Gasteiger partial charge in [0.25, 0.3) is 0 Å². The SMILES string of the molecule is Cc1cc(N2CCCC2)ccc1NC(=O)CN1c2ccccc2C[C@H]1C. The molecule has 2 aromatic carbocycles. The van der Waals surface area contributed by atoms with Gasteiger partial charge in [0.2, 0.25) is 5.91 Å². The number of aryl methyl sites for hydroxylation is 1. The van der Waals surface area contributed by atoms with Crippen molar-refractivity contribution in [2.45, 2.75) is 39.2 Å². The average Bonchev–Trinajstić information content (AvgIpc) is 3.26. The molecule has 0 aromatic heterocycles. The van der Waals surface area contributed by atoms with Crippen molar-refractivity contribution in [3.63, 3.8) is 0 Å². The third-order valence-corrected chi connectivity index (χ3v) is 5.62. The summed E-state index contributed by atoms with van der Waals surface area (Å²) in [5, 5.41) is 3.11. The van der Waals surface area contributed by atoms with E-state index in [9.17, 15) is 4.79 Å². The van der Waals surface area contributed by atoms with Crippen molar-refractivity contribution in [2.24, 2.45) is 0 Å². The molecule has 136 valence electrons. The molecule has 4 heteroatoms. The van der Waals surface area contributed by atoms with E-state index in [-0.39, 0.29) is 5.91 Å². The minimum Gasteiger partial charge on any atom is -0.372 e. The number of fused-ring (bicyclic) bond motifs is 1. The predicted molar refractivity (Wildman–Crippen MR) is 108 cm³/mol. The Balaban J connectivity index is 1.44. The van der Waals surface area contributed by atoms with Crippen molar-refractivity contribution in [3.8, 4) is 0 Å². The van der Waals surface area contributed by atoms with E-state index >= 15 is 0 Å². The lowest BCUT2D eigenvalue weighted by Gasteiger charge is -2.24. The molecule has 0 aliphatic carbocycles. The molecule has 1 atom stereocenters. The van der Waals surface area contributed by atoms with Crippen LogP contribution in [0.25, 0.3) is 0 Å². The van der Waals surface area contributed by atoms with Gasteiger partial charge in [-0.2, -0.15) is 0 Å². The van der Waals surface area contributed by atoms with Gasteiger partial charge in [0.1, 0.15) is 0 Å². The molecule has 0 saturated carbocycles. The van der Waals surface area contributed by atoms with Gasteiger partial charge in [-0.15, -0.1) is 0 Å². The van der Waals surface area contributed by atoms with Crippen LogP contribution in [-0.2, 0) is 11.2 Å². The van der Waals surface area contributed by atoms with E-state index in [1.54, 1.807) is 0 Å². The number of hydrogen-bond acceptors (Lipinski definition) is 3. The Morgan fingerprint density at radius 2 is 1.92 bits per heavy atom. The Morgan fingerprint density at radius 1 is 1.15 bits per heavy atom. The summed E-state index contributed by atoms with van der Waals surface area (Å²) in [6.45, 7) is 6.92. The first kappa shape index (κ1) is 17.0. The minimum absolute atomic E-state index is 0.0468. The number of hydrogen-bond donors (Lipinski definition) is 1. The second kappa shape index (κ2) is 7.02. The molecule has 4 rings (SSSR count). The van der Waals surface area contributed by atoms with E-state index in [1.165, 1.54) is 29.8 Å². The highest BCUT2D eigenvalue weighted by Crippen LogP contribution is 2.31. The average molecular weight is 349 g/mol. The van der Waals surface area contributed by atoms with E-state index < -0.39 is 0 Å². The number of amides is 1. The molecule has 2 aliphatic rings. The number of rotatable bonds is 4. The van der Waals surface area contributed by atoms with E-state index in [0.717, 1.165) is 30.8 Å². The van der Waals surface area contributed by atoms with Gasteiger partial charge < -0.3 is 15.1 Å². The van der Waals surface area contributed by atoms with Crippen LogP contribution in [0, 0.1) is 6.92 Å². The van der Waals surface area contributed by atoms with Gasteiger partial charge in [-0.3, -0.25) is 4.79 Å². The van der Waals surface area contributed by atoms with E-state index in [1.807, 2.05) is 12.1 Å². The molecule has 4 nitrogen and oxygen atoms in total. The summed E-state index contributed by atoms with van der Waals surface area (Å²) in [7, 11) is 0. The normalized spacial score (nSPS) is 18.9. The molecule has 0 spiro atoms. The lowest BCUT2D eigenvalue weighted by atomic mass is 10.1. The van der Waals surface area contributed by atoms with Crippen LogP contribution < -0.4 is 15.1 Å². The van der Waals surface area contributed by atoms with Crippen LogP contribution in [0.3, 0.4) is 0 Å². The predicted octanol–water partition coefficient (Wildman–Crippen LogP) is 3.98. The summed E-state index contributed by atoms with van der Waals surface area (Å²) in [6, 6.07) is 15.1. The largest absolute Gasteiger partial charge is 0.372 e. The second-order valence-corrected chi connectivity index (χ2v) is 7.55. The van der Waals surface area contributed by atoms with Crippen LogP contribution in [0.1, 0.15) is 30.9 Å². The van der Waals surface area contributed by atoms with Gasteiger partial charge in [0.15, 0.2) is 0 Å². The zero-order valence-corrected chi connectivity index (χ0v) is 15.7. The number of carbonyl (C=O) groups excluding carboxylic acids is 1. The highest BCUT2D eigenvalue weighted by atomic mass is 16.2. The molecule has 2 aliphatic heterocycles. The Bertz CT molecular complexity index is 811. The molecule has 26 heavy (non-hydrogen) atoms. The Hall–Kier alpha value is -2.49. The van der Waals surface area contributed by atoms with Gasteiger partial charge in [-0.1, -0.05) is 18.2 Å². The smallest absolute Gasteiger partial charge is 0.243 e. The van der Waals surface area contributed by atoms with Crippen molar-refractivity contribution >= 4 is 23.0 Å². The fourth-order valence-corrected chi connectivity index (χ4v) is 4.18. The standard InChI is InChI=1S/C22H27N3O/c1-16-13-19(24-11-5-6-12-24)9-10-20(16)23-22(26)15-25-17(2)14-18-7-3-4-8-21(18)25/h3-4,7-10,13,17H,5-6,11-12,14-15H2,1-2H3,(H,23,26)/t17-/m1/s1. The van der Waals surface area contributed by atoms with E-state index in [4.69, 9.17) is 0 Å². The second-order valence-electron chi connectivity index (χ2n) is 7.55. The molecule has 2 heterocycles. The maximum atomic E-state index is 12.7. The molecule has 1 saturated heterocycles. The van der Waals surface area contributed by atoms with Gasteiger partial charge in [-0.25, -0.2) is 0 Å². The topological polar surface area (TPSA) is 35.6 Å². The van der Waals surface area contributed by atoms with Crippen LogP contribution in [0.5, 0.6) is 0 Å². The highest BCUT2D eigenvalue weighted by molar-refractivity contribution is 5.95. The molecule has 1 N–H and O–H groups in total. The number of anilines is 3. The first-order valence-electron chi connectivity index (χ1n) is 9.62. The van der Waals surface area contributed by atoms with E-state index in [2.05, 4.69) is 59.3 Å². The lowest BCUT2D eigenvalue weighted by molar-refractivity contribution is -0.115. The number of carbonyl (C=O) groups is 1. The summed E-state index contributed by atoms with van der Waals surface area (Å²) in [5.74, 6) is 0.0468. The maximum Gasteiger partial charge on any atom is 0.243 e. The number of benzene rings is 2. The minimum atomic E-state index is 0.0468. The lowest BCUT2D eigenvalue weighted by Crippen LogP contribution is -2.37. The number of nitrogens with one attached hydrogen (secondary N) is 1. The van der Waals surface area contributed by atoms with Crippen molar-refractivity contribution in [1.29, 1.82) is 0 Å². The summed E-state index contributed by atoms with van der Waals surface area (Å²) >= 11 is 0. The van der Waals surface area contributed by atoms with Crippen molar-refractivity contribution < 1.29 is 4.79 Å². The summed E-state index contributed by atoms with van der Waals surface area (Å²) in [6.07, 6.45) is 3.55. The zero-order chi connectivity index (χ0) is 18.1. The third kappa shape index (κ3) is 3.28. The first-order chi connectivity index (χ1) is 12.6. The summed E-state index contributed by atoms with van der Waals surface area (Å²) in [5.41, 5.74) is 5.82. The third-order valence-electron chi connectivity index (χ3n) is 5.62. The van der Waals surface area contributed by atoms with Gasteiger partial charge in [0.05, 0.1) is 6.54 Å². The number of nitrogens with zero attached hydrogens (tertiary/aromatic N) is 2. The van der Waals surface area contributed by atoms with Crippen LogP contribution in [0.2, 0.25) is 0 Å². The van der Waals surface area contributed by atoms with Crippen molar-refractivity contribution in [1.82, 2.24) is 0 Å². The Morgan fingerprint density at radius 3 is 2.69 bits per heavy atom. The first-order valence-corrected chi connectivity index (χ1v) is 9.62. The zero-order valence-electron chi connectivity index (χ0n) is 15.7. The molecule has 2 aromatic rings. The van der Waals surface area contributed by atoms with Gasteiger partial charge in [-0.05, 0) is 68.5 Å². The van der Waals surface area contributed by atoms with Crippen molar-refractivity contribution in [2.75, 3.05) is 34.8 Å². The monoisotopic (exact) mass is 349 g/mol.